The van der Waals surface area contributed by atoms with Crippen LogP contribution in [-0.2, 0) is 5.75 Å². The summed E-state index contributed by atoms with van der Waals surface area (Å²) in [6, 6.07) is 15.5. The number of halogens is 1. The van der Waals surface area contributed by atoms with Crippen molar-refractivity contribution in [1.82, 2.24) is 4.90 Å². The molecule has 0 N–H and O–H groups in total. The minimum absolute atomic E-state index is 0.0234. The molecule has 0 aromatic heterocycles. The van der Waals surface area contributed by atoms with Gasteiger partial charge in [0, 0.05) is 30.3 Å². The average molecular weight is 306 g/mol. The number of carbonyl (C=O) groups excluding carboxylic acids is 1. The van der Waals surface area contributed by atoms with Crippen molar-refractivity contribution < 1.29 is 4.79 Å². The van der Waals surface area contributed by atoms with E-state index in [1.807, 2.05) is 48.5 Å². The monoisotopic (exact) mass is 305 g/mol. The van der Waals surface area contributed by atoms with Crippen LogP contribution in [0.15, 0.2) is 53.4 Å². The number of hydrogen-bond acceptors (Lipinski definition) is 2. The summed E-state index contributed by atoms with van der Waals surface area (Å²) in [6.07, 6.45) is 0. The Hall–Kier alpha value is -1.45. The standard InChI is InChI=1S/C16H16ClNOS/c1-18(2)16(19)13-9-7-12(8-10-13)11-20-15-6-4-3-5-14(15)17/h3-10H,11H2,1-2H3. The van der Waals surface area contributed by atoms with Crippen molar-refractivity contribution in [2.24, 2.45) is 0 Å². The van der Waals surface area contributed by atoms with Crippen molar-refractivity contribution in [3.05, 3.63) is 64.7 Å². The van der Waals surface area contributed by atoms with Gasteiger partial charge in [0.2, 0.25) is 0 Å². The molecule has 0 fully saturated rings. The molecule has 104 valence electrons. The van der Waals surface area contributed by atoms with Gasteiger partial charge in [0.15, 0.2) is 0 Å². The fourth-order valence-corrected chi connectivity index (χ4v) is 2.92. The van der Waals surface area contributed by atoms with E-state index in [1.165, 1.54) is 5.56 Å². The highest BCUT2D eigenvalue weighted by Crippen LogP contribution is 2.29. The third-order valence-electron chi connectivity index (χ3n) is 2.84. The number of amides is 1. The molecule has 1 amide bonds. The third kappa shape index (κ3) is 3.78. The Morgan fingerprint density at radius 2 is 1.75 bits per heavy atom. The van der Waals surface area contributed by atoms with Gasteiger partial charge in [-0.25, -0.2) is 0 Å². The average Bonchev–Trinajstić information content (AvgIpc) is 2.46. The number of nitrogens with zero attached hydrogens (tertiary/aromatic N) is 1. The number of benzene rings is 2. The van der Waals surface area contributed by atoms with E-state index in [-0.39, 0.29) is 5.91 Å². The van der Waals surface area contributed by atoms with Gasteiger partial charge in [0.25, 0.3) is 5.91 Å². The zero-order chi connectivity index (χ0) is 14.5. The van der Waals surface area contributed by atoms with Crippen LogP contribution >= 0.6 is 23.4 Å². The first-order chi connectivity index (χ1) is 9.58. The maximum absolute atomic E-state index is 11.8. The van der Waals surface area contributed by atoms with E-state index < -0.39 is 0 Å². The summed E-state index contributed by atoms with van der Waals surface area (Å²) in [7, 11) is 3.51. The first-order valence-corrected chi connectivity index (χ1v) is 7.62. The van der Waals surface area contributed by atoms with E-state index in [2.05, 4.69) is 0 Å². The lowest BCUT2D eigenvalue weighted by molar-refractivity contribution is 0.0827. The summed E-state index contributed by atoms with van der Waals surface area (Å²) in [4.78, 5) is 14.4. The Bertz CT molecular complexity index is 596. The lowest BCUT2D eigenvalue weighted by Gasteiger charge is -2.10. The molecule has 2 nitrogen and oxygen atoms in total. The van der Waals surface area contributed by atoms with E-state index in [4.69, 9.17) is 11.6 Å². The van der Waals surface area contributed by atoms with E-state index in [0.29, 0.717) is 5.56 Å². The zero-order valence-electron chi connectivity index (χ0n) is 11.5. The van der Waals surface area contributed by atoms with Gasteiger partial charge in [0.1, 0.15) is 0 Å². The Morgan fingerprint density at radius 3 is 2.35 bits per heavy atom. The van der Waals surface area contributed by atoms with Crippen LogP contribution in [-0.4, -0.2) is 24.9 Å². The number of carbonyl (C=O) groups is 1. The molecule has 0 atom stereocenters. The molecule has 0 radical (unpaired) electrons. The Morgan fingerprint density at radius 1 is 1.10 bits per heavy atom. The van der Waals surface area contributed by atoms with E-state index in [1.54, 1.807) is 30.8 Å². The fourth-order valence-electron chi connectivity index (χ4n) is 1.72. The summed E-state index contributed by atoms with van der Waals surface area (Å²) >= 11 is 7.81. The van der Waals surface area contributed by atoms with E-state index in [0.717, 1.165) is 15.7 Å². The summed E-state index contributed by atoms with van der Waals surface area (Å²) in [5.74, 6) is 0.857. The van der Waals surface area contributed by atoms with Gasteiger partial charge in [-0.3, -0.25) is 4.79 Å². The zero-order valence-corrected chi connectivity index (χ0v) is 13.0. The molecule has 0 spiro atoms. The van der Waals surface area contributed by atoms with Gasteiger partial charge in [-0.1, -0.05) is 35.9 Å². The molecule has 2 rings (SSSR count). The van der Waals surface area contributed by atoms with E-state index >= 15 is 0 Å². The Labute approximate surface area is 128 Å². The smallest absolute Gasteiger partial charge is 0.253 e. The second-order valence-electron chi connectivity index (χ2n) is 4.62. The molecule has 0 bridgehead atoms. The molecule has 0 saturated heterocycles. The molecule has 0 aliphatic heterocycles. The molecule has 4 heteroatoms. The van der Waals surface area contributed by atoms with Crippen LogP contribution < -0.4 is 0 Å². The van der Waals surface area contributed by atoms with Crippen molar-refractivity contribution in [2.75, 3.05) is 14.1 Å². The van der Waals surface area contributed by atoms with Crippen LogP contribution in [0.1, 0.15) is 15.9 Å². The van der Waals surface area contributed by atoms with Gasteiger partial charge in [-0.05, 0) is 29.8 Å². The molecule has 20 heavy (non-hydrogen) atoms. The summed E-state index contributed by atoms with van der Waals surface area (Å²) in [5.41, 5.74) is 1.88. The van der Waals surface area contributed by atoms with Gasteiger partial charge in [0.05, 0.1) is 5.02 Å². The first kappa shape index (κ1) is 14.9. The van der Waals surface area contributed by atoms with Gasteiger partial charge < -0.3 is 4.90 Å². The molecule has 2 aromatic rings. The van der Waals surface area contributed by atoms with Crippen molar-refractivity contribution in [2.45, 2.75) is 10.6 Å². The van der Waals surface area contributed by atoms with Crippen LogP contribution in [0.4, 0.5) is 0 Å². The lowest BCUT2D eigenvalue weighted by atomic mass is 10.1. The number of rotatable bonds is 4. The van der Waals surface area contributed by atoms with Gasteiger partial charge >= 0.3 is 0 Å². The highest BCUT2D eigenvalue weighted by Gasteiger charge is 2.07. The lowest BCUT2D eigenvalue weighted by Crippen LogP contribution is -2.21. The first-order valence-electron chi connectivity index (χ1n) is 6.26. The Balaban J connectivity index is 2.01. The quantitative estimate of drug-likeness (QED) is 0.783. The summed E-state index contributed by atoms with van der Waals surface area (Å²) in [6.45, 7) is 0. The van der Waals surface area contributed by atoms with Crippen LogP contribution in [0.3, 0.4) is 0 Å². The highest BCUT2D eigenvalue weighted by atomic mass is 35.5. The Kier molecular flexibility index (Phi) is 5.10. The molecule has 2 aromatic carbocycles. The molecular weight excluding hydrogens is 290 g/mol. The number of thioether (sulfide) groups is 1. The van der Waals surface area contributed by atoms with Gasteiger partial charge in [-0.2, -0.15) is 0 Å². The second-order valence-corrected chi connectivity index (χ2v) is 6.04. The fraction of sp³-hybridized carbons (Fsp3) is 0.188. The second kappa shape index (κ2) is 6.82. The van der Waals surface area contributed by atoms with Crippen molar-refractivity contribution in [1.29, 1.82) is 0 Å². The van der Waals surface area contributed by atoms with Gasteiger partial charge in [-0.15, -0.1) is 11.8 Å². The molecule has 0 unspecified atom stereocenters. The van der Waals surface area contributed by atoms with Crippen LogP contribution in [0, 0.1) is 0 Å². The van der Waals surface area contributed by atoms with Crippen LogP contribution in [0.25, 0.3) is 0 Å². The topological polar surface area (TPSA) is 20.3 Å². The van der Waals surface area contributed by atoms with Crippen LogP contribution in [0.5, 0.6) is 0 Å². The predicted molar refractivity (Wildman–Crippen MR) is 85.5 cm³/mol. The molecule has 0 aliphatic rings. The predicted octanol–water partition coefficient (Wildman–Crippen LogP) is 4.33. The van der Waals surface area contributed by atoms with Crippen molar-refractivity contribution in [3.8, 4) is 0 Å². The minimum Gasteiger partial charge on any atom is -0.345 e. The van der Waals surface area contributed by atoms with Crippen LogP contribution in [0.2, 0.25) is 5.02 Å². The summed E-state index contributed by atoms with van der Waals surface area (Å²) in [5, 5.41) is 0.775. The van der Waals surface area contributed by atoms with Crippen molar-refractivity contribution >= 4 is 29.3 Å². The minimum atomic E-state index is 0.0234. The highest BCUT2D eigenvalue weighted by molar-refractivity contribution is 7.98. The number of hydrogen-bond donors (Lipinski definition) is 0. The molecular formula is C16H16ClNOS. The summed E-state index contributed by atoms with van der Waals surface area (Å²) < 4.78 is 0. The molecule has 0 saturated carbocycles. The molecule has 0 aliphatic carbocycles. The normalized spacial score (nSPS) is 10.3. The van der Waals surface area contributed by atoms with E-state index in [9.17, 15) is 4.79 Å². The molecule has 0 heterocycles. The third-order valence-corrected chi connectivity index (χ3v) is 4.42. The SMILES string of the molecule is CN(C)C(=O)c1ccc(CSc2ccccc2Cl)cc1. The maximum Gasteiger partial charge on any atom is 0.253 e. The van der Waals surface area contributed by atoms with Crippen molar-refractivity contribution in [3.63, 3.8) is 0 Å². The largest absolute Gasteiger partial charge is 0.345 e. The maximum atomic E-state index is 11.8.